The number of anilines is 1. The predicted octanol–water partition coefficient (Wildman–Crippen LogP) is 4.12. The van der Waals surface area contributed by atoms with Crippen molar-refractivity contribution in [2.45, 2.75) is 25.8 Å². The standard InChI is InChI=1S/C24H27N3O3/c1-4-11-27(12-5-1)24-19(14-18-6-2-3-7-21(18)26-24)16-25-10-13-28-20-8-9-22-23(15-20)30-17-29-22/h2-3,6-9,14-15,25H,1,4-5,10-13,16-17H2. The Morgan fingerprint density at radius 3 is 2.77 bits per heavy atom. The first-order valence-electron chi connectivity index (χ1n) is 10.7. The molecule has 5 rings (SSSR count). The van der Waals surface area contributed by atoms with E-state index in [-0.39, 0.29) is 6.79 Å². The van der Waals surface area contributed by atoms with Crippen molar-refractivity contribution >= 4 is 16.7 Å². The van der Waals surface area contributed by atoms with Crippen LogP contribution in [0.25, 0.3) is 10.9 Å². The summed E-state index contributed by atoms with van der Waals surface area (Å²) in [5, 5.41) is 4.71. The van der Waals surface area contributed by atoms with Gasteiger partial charge in [0.15, 0.2) is 11.5 Å². The van der Waals surface area contributed by atoms with Gasteiger partial charge in [-0.2, -0.15) is 0 Å². The molecule has 156 valence electrons. The minimum atomic E-state index is 0.277. The molecule has 0 spiro atoms. The van der Waals surface area contributed by atoms with E-state index in [4.69, 9.17) is 19.2 Å². The number of piperidine rings is 1. The zero-order chi connectivity index (χ0) is 20.2. The number of aromatic nitrogens is 1. The summed E-state index contributed by atoms with van der Waals surface area (Å²) in [6.07, 6.45) is 3.80. The second-order valence-electron chi connectivity index (χ2n) is 7.75. The highest BCUT2D eigenvalue weighted by Crippen LogP contribution is 2.35. The van der Waals surface area contributed by atoms with Crippen LogP contribution in [0.2, 0.25) is 0 Å². The predicted molar refractivity (Wildman–Crippen MR) is 118 cm³/mol. The number of hydrogen-bond donors (Lipinski definition) is 1. The van der Waals surface area contributed by atoms with Crippen LogP contribution < -0.4 is 24.4 Å². The Kier molecular flexibility index (Phi) is 5.57. The van der Waals surface area contributed by atoms with E-state index >= 15 is 0 Å². The fourth-order valence-electron chi connectivity index (χ4n) is 4.09. The third kappa shape index (κ3) is 4.14. The van der Waals surface area contributed by atoms with Crippen LogP contribution in [0.5, 0.6) is 17.2 Å². The van der Waals surface area contributed by atoms with E-state index in [0.29, 0.717) is 6.61 Å². The summed E-state index contributed by atoms with van der Waals surface area (Å²) in [6, 6.07) is 16.3. The van der Waals surface area contributed by atoms with Crippen LogP contribution in [-0.4, -0.2) is 38.0 Å². The van der Waals surface area contributed by atoms with Gasteiger partial charge < -0.3 is 24.4 Å². The molecular formula is C24H27N3O3. The Balaban J connectivity index is 1.22. The van der Waals surface area contributed by atoms with E-state index in [0.717, 1.165) is 54.8 Å². The lowest BCUT2D eigenvalue weighted by molar-refractivity contribution is 0.173. The molecule has 6 nitrogen and oxygen atoms in total. The van der Waals surface area contributed by atoms with Crippen molar-refractivity contribution in [2.75, 3.05) is 37.9 Å². The maximum absolute atomic E-state index is 5.86. The molecule has 1 fully saturated rings. The molecule has 3 heterocycles. The van der Waals surface area contributed by atoms with E-state index < -0.39 is 0 Å². The highest BCUT2D eigenvalue weighted by atomic mass is 16.7. The molecule has 30 heavy (non-hydrogen) atoms. The number of fused-ring (bicyclic) bond motifs is 2. The fraction of sp³-hybridized carbons (Fsp3) is 0.375. The molecule has 2 aromatic carbocycles. The van der Waals surface area contributed by atoms with E-state index in [2.05, 4.69) is 40.5 Å². The molecule has 0 unspecified atom stereocenters. The number of nitrogens with one attached hydrogen (secondary N) is 1. The van der Waals surface area contributed by atoms with Crippen LogP contribution in [0.4, 0.5) is 5.82 Å². The smallest absolute Gasteiger partial charge is 0.231 e. The van der Waals surface area contributed by atoms with E-state index in [1.165, 1.54) is 30.2 Å². The Hall–Kier alpha value is -2.99. The van der Waals surface area contributed by atoms with Gasteiger partial charge >= 0.3 is 0 Å². The van der Waals surface area contributed by atoms with Gasteiger partial charge in [0, 0.05) is 43.2 Å². The number of pyridine rings is 1. The normalized spacial score (nSPS) is 15.5. The van der Waals surface area contributed by atoms with Crippen molar-refractivity contribution in [1.29, 1.82) is 0 Å². The average Bonchev–Trinajstić information content (AvgIpc) is 3.27. The van der Waals surface area contributed by atoms with Gasteiger partial charge in [0.1, 0.15) is 18.2 Å². The van der Waals surface area contributed by atoms with Crippen molar-refractivity contribution in [3.63, 3.8) is 0 Å². The first-order chi connectivity index (χ1) is 14.9. The third-order valence-corrected chi connectivity index (χ3v) is 5.64. The average molecular weight is 405 g/mol. The van der Waals surface area contributed by atoms with Crippen LogP contribution in [0.1, 0.15) is 24.8 Å². The van der Waals surface area contributed by atoms with Crippen molar-refractivity contribution in [2.24, 2.45) is 0 Å². The van der Waals surface area contributed by atoms with Crippen LogP contribution in [-0.2, 0) is 6.54 Å². The topological polar surface area (TPSA) is 55.9 Å². The van der Waals surface area contributed by atoms with Gasteiger partial charge in [-0.05, 0) is 43.5 Å². The van der Waals surface area contributed by atoms with Crippen molar-refractivity contribution in [3.8, 4) is 17.2 Å². The molecule has 1 N–H and O–H groups in total. The van der Waals surface area contributed by atoms with Gasteiger partial charge in [-0.15, -0.1) is 0 Å². The second-order valence-corrected chi connectivity index (χ2v) is 7.75. The Labute approximate surface area is 176 Å². The van der Waals surface area contributed by atoms with E-state index in [1.807, 2.05) is 18.2 Å². The quantitative estimate of drug-likeness (QED) is 0.597. The number of hydrogen-bond acceptors (Lipinski definition) is 6. The molecule has 2 aliphatic heterocycles. The van der Waals surface area contributed by atoms with Crippen LogP contribution >= 0.6 is 0 Å². The molecule has 0 aliphatic carbocycles. The highest BCUT2D eigenvalue weighted by Gasteiger charge is 2.17. The Morgan fingerprint density at radius 1 is 0.967 bits per heavy atom. The largest absolute Gasteiger partial charge is 0.492 e. The molecule has 0 saturated carbocycles. The van der Waals surface area contributed by atoms with Gasteiger partial charge in [-0.25, -0.2) is 4.98 Å². The molecule has 3 aromatic rings. The van der Waals surface area contributed by atoms with Crippen LogP contribution in [0, 0.1) is 0 Å². The lowest BCUT2D eigenvalue weighted by Gasteiger charge is -2.30. The fourth-order valence-corrected chi connectivity index (χ4v) is 4.09. The summed E-state index contributed by atoms with van der Waals surface area (Å²) in [6.45, 7) is 4.56. The molecule has 1 aromatic heterocycles. The number of rotatable bonds is 7. The summed E-state index contributed by atoms with van der Waals surface area (Å²) in [5.41, 5.74) is 2.31. The van der Waals surface area contributed by atoms with Gasteiger partial charge in [-0.1, -0.05) is 18.2 Å². The molecule has 2 aliphatic rings. The minimum Gasteiger partial charge on any atom is -0.492 e. The van der Waals surface area contributed by atoms with E-state index in [1.54, 1.807) is 0 Å². The minimum absolute atomic E-state index is 0.277. The number of benzene rings is 2. The lowest BCUT2D eigenvalue weighted by Crippen LogP contribution is -2.32. The number of para-hydroxylation sites is 1. The van der Waals surface area contributed by atoms with Crippen molar-refractivity contribution in [1.82, 2.24) is 10.3 Å². The Bertz CT molecular complexity index is 1020. The molecular weight excluding hydrogens is 378 g/mol. The summed E-state index contributed by atoms with van der Waals surface area (Å²) < 4.78 is 16.6. The van der Waals surface area contributed by atoms with Crippen LogP contribution in [0.15, 0.2) is 48.5 Å². The maximum atomic E-state index is 5.86. The monoisotopic (exact) mass is 405 g/mol. The van der Waals surface area contributed by atoms with Gasteiger partial charge in [0.25, 0.3) is 0 Å². The molecule has 0 amide bonds. The zero-order valence-electron chi connectivity index (χ0n) is 17.1. The van der Waals surface area contributed by atoms with E-state index in [9.17, 15) is 0 Å². The number of ether oxygens (including phenoxy) is 3. The first-order valence-corrected chi connectivity index (χ1v) is 10.7. The molecule has 6 heteroatoms. The first kappa shape index (κ1) is 19.0. The van der Waals surface area contributed by atoms with Gasteiger partial charge in [-0.3, -0.25) is 0 Å². The lowest BCUT2D eigenvalue weighted by atomic mass is 10.1. The Morgan fingerprint density at radius 2 is 1.83 bits per heavy atom. The van der Waals surface area contributed by atoms with Crippen LogP contribution in [0.3, 0.4) is 0 Å². The molecule has 0 bridgehead atoms. The summed E-state index contributed by atoms with van der Waals surface area (Å²) in [5.74, 6) is 3.43. The SMILES string of the molecule is c1ccc2nc(N3CCCCC3)c(CNCCOc3ccc4c(c3)OCO4)cc2c1. The summed E-state index contributed by atoms with van der Waals surface area (Å²) >= 11 is 0. The molecule has 0 radical (unpaired) electrons. The van der Waals surface area contributed by atoms with Gasteiger partial charge in [0.2, 0.25) is 6.79 Å². The summed E-state index contributed by atoms with van der Waals surface area (Å²) in [7, 11) is 0. The summed E-state index contributed by atoms with van der Waals surface area (Å²) in [4.78, 5) is 7.45. The third-order valence-electron chi connectivity index (χ3n) is 5.64. The molecule has 0 atom stereocenters. The second kappa shape index (κ2) is 8.79. The van der Waals surface area contributed by atoms with Crippen molar-refractivity contribution < 1.29 is 14.2 Å². The number of nitrogens with zero attached hydrogens (tertiary/aromatic N) is 2. The maximum Gasteiger partial charge on any atom is 0.231 e. The van der Waals surface area contributed by atoms with Gasteiger partial charge in [0.05, 0.1) is 5.52 Å². The highest BCUT2D eigenvalue weighted by molar-refractivity contribution is 5.81. The molecule has 1 saturated heterocycles. The zero-order valence-corrected chi connectivity index (χ0v) is 17.1. The van der Waals surface area contributed by atoms with Crippen molar-refractivity contribution in [3.05, 3.63) is 54.1 Å².